The van der Waals surface area contributed by atoms with Crippen LogP contribution in [0.25, 0.3) is 0 Å². The number of hydrogen-bond acceptors (Lipinski definition) is 3. The van der Waals surface area contributed by atoms with Crippen molar-refractivity contribution >= 4 is 21.7 Å². The third kappa shape index (κ3) is 3.86. The van der Waals surface area contributed by atoms with Gasteiger partial charge in [0.1, 0.15) is 0 Å². The van der Waals surface area contributed by atoms with Crippen molar-refractivity contribution in [1.29, 1.82) is 0 Å². The summed E-state index contributed by atoms with van der Waals surface area (Å²) in [5, 5.41) is 0. The minimum Gasteiger partial charge on any atom is -0.399 e. The van der Waals surface area contributed by atoms with Crippen molar-refractivity contribution in [2.45, 2.75) is 5.75 Å². The maximum atomic E-state index is 11.3. The topological polar surface area (TPSA) is 125 Å². The highest BCUT2D eigenvalue weighted by molar-refractivity contribution is 7.89. The summed E-state index contributed by atoms with van der Waals surface area (Å²) in [6.07, 6.45) is 0. The standard InChI is InChI=1S/C8H12N4O2S/c9-7-3-1-2-6(4-7)5-15(13,14)12-8(10)11/h1-4H,5,9H2,(H4,10,11,12). The lowest BCUT2D eigenvalue weighted by Gasteiger charge is -2.01. The van der Waals surface area contributed by atoms with Crippen molar-refractivity contribution in [3.05, 3.63) is 29.8 Å². The van der Waals surface area contributed by atoms with E-state index >= 15 is 0 Å². The monoisotopic (exact) mass is 228 g/mol. The van der Waals surface area contributed by atoms with Gasteiger partial charge in [-0.25, -0.2) is 8.42 Å². The van der Waals surface area contributed by atoms with Gasteiger partial charge in [-0.05, 0) is 17.7 Å². The molecule has 0 saturated heterocycles. The second kappa shape index (κ2) is 4.18. The molecular formula is C8H12N4O2S. The van der Waals surface area contributed by atoms with E-state index in [0.29, 0.717) is 11.3 Å². The molecule has 0 aromatic heterocycles. The van der Waals surface area contributed by atoms with Crippen LogP contribution in [0.5, 0.6) is 0 Å². The van der Waals surface area contributed by atoms with Crippen LogP contribution in [0.1, 0.15) is 5.56 Å². The van der Waals surface area contributed by atoms with Gasteiger partial charge in [0.25, 0.3) is 10.0 Å². The molecule has 7 heteroatoms. The summed E-state index contributed by atoms with van der Waals surface area (Å²) >= 11 is 0. The predicted octanol–water partition coefficient (Wildman–Crippen LogP) is -0.628. The minimum absolute atomic E-state index is 0.268. The zero-order valence-corrected chi connectivity index (χ0v) is 8.74. The Labute approximate surface area is 87.8 Å². The maximum Gasteiger partial charge on any atom is 0.260 e. The second-order valence-electron chi connectivity index (χ2n) is 2.99. The highest BCUT2D eigenvalue weighted by Crippen LogP contribution is 2.11. The van der Waals surface area contributed by atoms with Crippen molar-refractivity contribution < 1.29 is 8.42 Å². The van der Waals surface area contributed by atoms with Crippen LogP contribution in [0.4, 0.5) is 5.69 Å². The number of hydrogen-bond donors (Lipinski definition) is 3. The van der Waals surface area contributed by atoms with Gasteiger partial charge in [-0.15, -0.1) is 4.40 Å². The SMILES string of the molecule is NC(N)=NS(=O)(=O)Cc1cccc(N)c1. The largest absolute Gasteiger partial charge is 0.399 e. The summed E-state index contributed by atoms with van der Waals surface area (Å²) < 4.78 is 25.8. The van der Waals surface area contributed by atoms with E-state index in [1.54, 1.807) is 24.3 Å². The normalized spacial score (nSPS) is 10.9. The Balaban J connectivity index is 2.92. The number of nitrogens with zero attached hydrogens (tertiary/aromatic N) is 1. The average Bonchev–Trinajstić information content (AvgIpc) is 1.99. The lowest BCUT2D eigenvalue weighted by Crippen LogP contribution is -2.24. The van der Waals surface area contributed by atoms with Crippen molar-refractivity contribution in [3.8, 4) is 0 Å². The molecule has 0 aliphatic carbocycles. The van der Waals surface area contributed by atoms with Gasteiger partial charge in [0.15, 0.2) is 0 Å². The first-order chi connectivity index (χ1) is 6.89. The lowest BCUT2D eigenvalue weighted by molar-refractivity contribution is 0.597. The summed E-state index contributed by atoms with van der Waals surface area (Å²) in [4.78, 5) is 0. The fourth-order valence-electron chi connectivity index (χ4n) is 1.09. The van der Waals surface area contributed by atoms with E-state index in [-0.39, 0.29) is 5.75 Å². The van der Waals surface area contributed by atoms with Gasteiger partial charge in [0.2, 0.25) is 5.96 Å². The second-order valence-corrected chi connectivity index (χ2v) is 4.62. The van der Waals surface area contributed by atoms with Crippen molar-refractivity contribution in [1.82, 2.24) is 0 Å². The summed E-state index contributed by atoms with van der Waals surface area (Å²) in [5.41, 5.74) is 16.5. The van der Waals surface area contributed by atoms with Crippen LogP contribution in [-0.4, -0.2) is 14.4 Å². The summed E-state index contributed by atoms with van der Waals surface area (Å²) in [5.74, 6) is -0.741. The maximum absolute atomic E-state index is 11.3. The minimum atomic E-state index is -3.67. The van der Waals surface area contributed by atoms with E-state index in [9.17, 15) is 8.42 Å². The highest BCUT2D eigenvalue weighted by Gasteiger charge is 2.10. The first-order valence-corrected chi connectivity index (χ1v) is 5.68. The van der Waals surface area contributed by atoms with Crippen LogP contribution in [0, 0.1) is 0 Å². The number of rotatable bonds is 3. The van der Waals surface area contributed by atoms with Crippen molar-refractivity contribution in [2.24, 2.45) is 15.9 Å². The van der Waals surface area contributed by atoms with Gasteiger partial charge in [-0.2, -0.15) is 0 Å². The number of sulfonamides is 1. The van der Waals surface area contributed by atoms with E-state index in [1.807, 2.05) is 0 Å². The van der Waals surface area contributed by atoms with E-state index in [0.717, 1.165) is 0 Å². The molecule has 0 saturated carbocycles. The number of anilines is 1. The molecule has 0 bridgehead atoms. The summed E-state index contributed by atoms with van der Waals surface area (Å²) in [6.45, 7) is 0. The quantitative estimate of drug-likeness (QED) is 0.361. The molecule has 0 heterocycles. The van der Waals surface area contributed by atoms with Gasteiger partial charge in [0, 0.05) is 5.69 Å². The van der Waals surface area contributed by atoms with Gasteiger partial charge >= 0.3 is 0 Å². The van der Waals surface area contributed by atoms with Crippen molar-refractivity contribution in [2.75, 3.05) is 5.73 Å². The number of nitrogens with two attached hydrogens (primary N) is 3. The molecule has 15 heavy (non-hydrogen) atoms. The highest BCUT2D eigenvalue weighted by atomic mass is 32.2. The first kappa shape index (κ1) is 11.3. The Morgan fingerprint density at radius 3 is 2.53 bits per heavy atom. The third-order valence-electron chi connectivity index (χ3n) is 1.54. The molecule has 6 nitrogen and oxygen atoms in total. The molecule has 0 spiro atoms. The smallest absolute Gasteiger partial charge is 0.260 e. The van der Waals surface area contributed by atoms with Crippen LogP contribution < -0.4 is 17.2 Å². The van der Waals surface area contributed by atoms with E-state index in [4.69, 9.17) is 17.2 Å². The zero-order valence-electron chi connectivity index (χ0n) is 7.92. The number of guanidine groups is 1. The van der Waals surface area contributed by atoms with Gasteiger partial charge in [0.05, 0.1) is 5.75 Å². The van der Waals surface area contributed by atoms with Gasteiger partial charge in [-0.3, -0.25) is 0 Å². The van der Waals surface area contributed by atoms with E-state index in [2.05, 4.69) is 4.40 Å². The van der Waals surface area contributed by atoms with Crippen LogP contribution in [-0.2, 0) is 15.8 Å². The molecule has 82 valence electrons. The van der Waals surface area contributed by atoms with Crippen LogP contribution in [0.2, 0.25) is 0 Å². The molecule has 0 amide bonds. The average molecular weight is 228 g/mol. The van der Waals surface area contributed by atoms with E-state index < -0.39 is 16.0 Å². The number of nitrogen functional groups attached to an aromatic ring is 1. The number of benzene rings is 1. The predicted molar refractivity (Wildman–Crippen MR) is 59.3 cm³/mol. The van der Waals surface area contributed by atoms with Crippen LogP contribution in [0.3, 0.4) is 0 Å². The van der Waals surface area contributed by atoms with E-state index in [1.165, 1.54) is 0 Å². The molecule has 1 aromatic carbocycles. The molecular weight excluding hydrogens is 216 g/mol. The molecule has 0 radical (unpaired) electrons. The molecule has 6 N–H and O–H groups in total. The molecule has 0 unspecified atom stereocenters. The Morgan fingerprint density at radius 2 is 2.00 bits per heavy atom. The molecule has 1 rings (SSSR count). The molecule has 0 aliphatic rings. The van der Waals surface area contributed by atoms with Crippen molar-refractivity contribution in [3.63, 3.8) is 0 Å². The molecule has 1 aromatic rings. The molecule has 0 fully saturated rings. The van der Waals surface area contributed by atoms with Gasteiger partial charge in [-0.1, -0.05) is 12.1 Å². The Kier molecular flexibility index (Phi) is 3.15. The van der Waals surface area contributed by atoms with Crippen LogP contribution >= 0.6 is 0 Å². The summed E-state index contributed by atoms with van der Waals surface area (Å²) in [6, 6.07) is 6.52. The third-order valence-corrected chi connectivity index (χ3v) is 2.73. The van der Waals surface area contributed by atoms with Crippen LogP contribution in [0.15, 0.2) is 28.7 Å². The Bertz CT molecular complexity index is 477. The lowest BCUT2D eigenvalue weighted by atomic mass is 10.2. The Hall–Kier alpha value is -1.76. The van der Waals surface area contributed by atoms with Gasteiger partial charge < -0.3 is 17.2 Å². The zero-order chi connectivity index (χ0) is 11.5. The summed E-state index contributed by atoms with van der Waals surface area (Å²) in [7, 11) is -3.67. The molecule has 0 aliphatic heterocycles. The fraction of sp³-hybridized carbons (Fsp3) is 0.125. The fourth-order valence-corrected chi connectivity index (χ4v) is 2.07. The molecule has 0 atom stereocenters. The first-order valence-electron chi connectivity index (χ1n) is 4.07. The Morgan fingerprint density at radius 1 is 1.33 bits per heavy atom.